The Hall–Kier alpha value is -1.36. The first kappa shape index (κ1) is 12.1. The predicted molar refractivity (Wildman–Crippen MR) is 63.3 cm³/mol. The molecule has 5 nitrogen and oxygen atoms in total. The van der Waals surface area contributed by atoms with Crippen LogP contribution in [-0.2, 0) is 11.3 Å². The molecular formula is C12H19N3O2. The first-order chi connectivity index (χ1) is 8.13. The molecule has 1 fully saturated rings. The van der Waals surface area contributed by atoms with Gasteiger partial charge >= 0.3 is 0 Å². The van der Waals surface area contributed by atoms with Crippen LogP contribution >= 0.6 is 0 Å². The Morgan fingerprint density at radius 1 is 1.65 bits per heavy atom. The third-order valence-electron chi connectivity index (χ3n) is 2.81. The van der Waals surface area contributed by atoms with Crippen molar-refractivity contribution in [1.29, 1.82) is 0 Å². The molecule has 0 saturated heterocycles. The summed E-state index contributed by atoms with van der Waals surface area (Å²) in [6.07, 6.45) is 2.52. The number of hydrogen-bond acceptors (Lipinski definition) is 4. The molecule has 2 rings (SSSR count). The van der Waals surface area contributed by atoms with E-state index in [4.69, 9.17) is 4.52 Å². The molecule has 0 bridgehead atoms. The number of amides is 1. The minimum atomic E-state index is 0.0830. The lowest BCUT2D eigenvalue weighted by molar-refractivity contribution is -0.122. The van der Waals surface area contributed by atoms with Crippen LogP contribution in [0.3, 0.4) is 0 Å². The molecule has 0 radical (unpaired) electrons. The standard InChI is InChI=1S/C12H19N3O2/c1-9-5-11(14-17-9)7-15(2)8-12(16)13-6-10-3-4-10/h5,10H,3-4,6-8H2,1-2H3,(H,13,16). The molecule has 0 unspecified atom stereocenters. The van der Waals surface area contributed by atoms with Gasteiger partial charge in [0.05, 0.1) is 12.2 Å². The number of likely N-dealkylation sites (N-methyl/N-ethyl adjacent to an activating group) is 1. The minimum Gasteiger partial charge on any atom is -0.361 e. The van der Waals surface area contributed by atoms with Crippen molar-refractivity contribution in [3.8, 4) is 0 Å². The van der Waals surface area contributed by atoms with Gasteiger partial charge in [-0.1, -0.05) is 5.16 Å². The number of nitrogens with one attached hydrogen (secondary N) is 1. The van der Waals surface area contributed by atoms with Gasteiger partial charge in [0.1, 0.15) is 5.76 Å². The highest BCUT2D eigenvalue weighted by Crippen LogP contribution is 2.27. The number of nitrogens with zero attached hydrogens (tertiary/aromatic N) is 2. The second-order valence-electron chi connectivity index (χ2n) is 4.85. The van der Waals surface area contributed by atoms with E-state index in [1.165, 1.54) is 12.8 Å². The van der Waals surface area contributed by atoms with E-state index in [1.807, 2.05) is 24.9 Å². The lowest BCUT2D eigenvalue weighted by Crippen LogP contribution is -2.35. The van der Waals surface area contributed by atoms with Crippen LogP contribution in [0.5, 0.6) is 0 Å². The predicted octanol–water partition coefficient (Wildman–Crippen LogP) is 0.941. The lowest BCUT2D eigenvalue weighted by Gasteiger charge is -2.14. The Balaban J connectivity index is 1.68. The Kier molecular flexibility index (Phi) is 3.78. The normalized spacial score (nSPS) is 15.2. The van der Waals surface area contributed by atoms with Crippen LogP contribution in [0.4, 0.5) is 0 Å². The van der Waals surface area contributed by atoms with E-state index in [-0.39, 0.29) is 5.91 Å². The van der Waals surface area contributed by atoms with Gasteiger partial charge in [-0.15, -0.1) is 0 Å². The number of aromatic nitrogens is 1. The Morgan fingerprint density at radius 2 is 2.41 bits per heavy atom. The molecule has 0 aromatic carbocycles. The van der Waals surface area contributed by atoms with Crippen LogP contribution in [0.25, 0.3) is 0 Å². The number of carbonyl (C=O) groups is 1. The fraction of sp³-hybridized carbons (Fsp3) is 0.667. The van der Waals surface area contributed by atoms with Gasteiger partial charge in [-0.2, -0.15) is 0 Å². The summed E-state index contributed by atoms with van der Waals surface area (Å²) in [5, 5.41) is 6.84. The molecule has 1 aromatic rings. The average molecular weight is 237 g/mol. The zero-order valence-corrected chi connectivity index (χ0v) is 10.4. The summed E-state index contributed by atoms with van der Waals surface area (Å²) in [7, 11) is 1.90. The van der Waals surface area contributed by atoms with Crippen molar-refractivity contribution in [1.82, 2.24) is 15.4 Å². The van der Waals surface area contributed by atoms with Crippen LogP contribution in [0, 0.1) is 12.8 Å². The maximum Gasteiger partial charge on any atom is 0.234 e. The molecule has 0 aliphatic heterocycles. The molecule has 1 N–H and O–H groups in total. The van der Waals surface area contributed by atoms with Crippen molar-refractivity contribution >= 4 is 5.91 Å². The second kappa shape index (κ2) is 5.31. The highest BCUT2D eigenvalue weighted by Gasteiger charge is 2.21. The fourth-order valence-electron chi connectivity index (χ4n) is 1.71. The number of carbonyl (C=O) groups excluding carboxylic acids is 1. The number of hydrogen-bond donors (Lipinski definition) is 1. The summed E-state index contributed by atoms with van der Waals surface area (Å²) in [5.41, 5.74) is 0.861. The van der Waals surface area contributed by atoms with E-state index >= 15 is 0 Å². The molecule has 1 heterocycles. The number of rotatable bonds is 6. The van der Waals surface area contributed by atoms with Crippen molar-refractivity contribution in [2.24, 2.45) is 5.92 Å². The van der Waals surface area contributed by atoms with Crippen molar-refractivity contribution in [3.05, 3.63) is 17.5 Å². The third-order valence-corrected chi connectivity index (χ3v) is 2.81. The van der Waals surface area contributed by atoms with Crippen LogP contribution in [0.15, 0.2) is 10.6 Å². The van der Waals surface area contributed by atoms with Gasteiger partial charge < -0.3 is 9.84 Å². The molecule has 0 spiro atoms. The quantitative estimate of drug-likeness (QED) is 0.800. The first-order valence-corrected chi connectivity index (χ1v) is 6.01. The maximum absolute atomic E-state index is 11.6. The zero-order valence-electron chi connectivity index (χ0n) is 10.4. The summed E-state index contributed by atoms with van der Waals surface area (Å²) < 4.78 is 4.98. The summed E-state index contributed by atoms with van der Waals surface area (Å²) in [5.74, 6) is 1.61. The van der Waals surface area contributed by atoms with Gasteiger partial charge in [0.2, 0.25) is 5.91 Å². The van der Waals surface area contributed by atoms with Crippen LogP contribution < -0.4 is 5.32 Å². The van der Waals surface area contributed by atoms with Crippen molar-refractivity contribution in [3.63, 3.8) is 0 Å². The molecule has 1 amide bonds. The molecule has 1 saturated carbocycles. The lowest BCUT2D eigenvalue weighted by atomic mass is 10.3. The van der Waals surface area contributed by atoms with Crippen molar-refractivity contribution in [2.75, 3.05) is 20.1 Å². The Labute approximate surface area is 101 Å². The molecule has 1 aliphatic carbocycles. The summed E-state index contributed by atoms with van der Waals surface area (Å²) in [6.45, 7) is 3.72. The van der Waals surface area contributed by atoms with E-state index in [0.717, 1.165) is 23.9 Å². The van der Waals surface area contributed by atoms with E-state index in [0.29, 0.717) is 13.1 Å². The zero-order chi connectivity index (χ0) is 12.3. The molecule has 0 atom stereocenters. The topological polar surface area (TPSA) is 58.4 Å². The summed E-state index contributed by atoms with van der Waals surface area (Å²) in [6, 6.07) is 1.89. The van der Waals surface area contributed by atoms with Gasteiger partial charge in [0.25, 0.3) is 0 Å². The van der Waals surface area contributed by atoms with E-state index in [1.54, 1.807) is 0 Å². The minimum absolute atomic E-state index is 0.0830. The Bertz CT molecular complexity index is 385. The number of aryl methyl sites for hydroxylation is 1. The van der Waals surface area contributed by atoms with E-state index < -0.39 is 0 Å². The molecule has 1 aromatic heterocycles. The van der Waals surface area contributed by atoms with Gasteiger partial charge in [0, 0.05) is 19.2 Å². The maximum atomic E-state index is 11.6. The SMILES string of the molecule is Cc1cc(CN(C)CC(=O)NCC2CC2)no1. The summed E-state index contributed by atoms with van der Waals surface area (Å²) in [4.78, 5) is 13.5. The van der Waals surface area contributed by atoms with E-state index in [9.17, 15) is 4.79 Å². The van der Waals surface area contributed by atoms with Gasteiger partial charge in [-0.3, -0.25) is 9.69 Å². The first-order valence-electron chi connectivity index (χ1n) is 6.01. The molecule has 1 aliphatic rings. The third kappa shape index (κ3) is 4.19. The van der Waals surface area contributed by atoms with Gasteiger partial charge in [0.15, 0.2) is 0 Å². The average Bonchev–Trinajstić information content (AvgIpc) is 3.00. The molecule has 94 valence electrons. The molecule has 17 heavy (non-hydrogen) atoms. The highest BCUT2D eigenvalue weighted by atomic mass is 16.5. The van der Waals surface area contributed by atoms with Gasteiger partial charge in [-0.05, 0) is 32.7 Å². The largest absolute Gasteiger partial charge is 0.361 e. The van der Waals surface area contributed by atoms with Crippen LogP contribution in [0.1, 0.15) is 24.3 Å². The summed E-state index contributed by atoms with van der Waals surface area (Å²) >= 11 is 0. The Morgan fingerprint density at radius 3 is 3.00 bits per heavy atom. The fourth-order valence-corrected chi connectivity index (χ4v) is 1.71. The molecular weight excluding hydrogens is 218 g/mol. The van der Waals surface area contributed by atoms with Crippen molar-refractivity contribution < 1.29 is 9.32 Å². The second-order valence-corrected chi connectivity index (χ2v) is 4.85. The monoisotopic (exact) mass is 237 g/mol. The van der Waals surface area contributed by atoms with Gasteiger partial charge in [-0.25, -0.2) is 0 Å². The molecule has 5 heteroatoms. The smallest absolute Gasteiger partial charge is 0.234 e. The van der Waals surface area contributed by atoms with E-state index in [2.05, 4.69) is 10.5 Å². The van der Waals surface area contributed by atoms with Crippen molar-refractivity contribution in [2.45, 2.75) is 26.3 Å². The highest BCUT2D eigenvalue weighted by molar-refractivity contribution is 5.77. The van der Waals surface area contributed by atoms with Crippen LogP contribution in [-0.4, -0.2) is 36.1 Å². The van der Waals surface area contributed by atoms with Crippen LogP contribution in [0.2, 0.25) is 0 Å².